The molecule has 5 heteroatoms. The second kappa shape index (κ2) is 5.72. The van der Waals surface area contributed by atoms with E-state index in [1.807, 2.05) is 19.1 Å². The zero-order valence-electron chi connectivity index (χ0n) is 10.0. The maximum absolute atomic E-state index is 12.0. The summed E-state index contributed by atoms with van der Waals surface area (Å²) in [5.74, 6) is -0.227. The molecule has 0 amide bonds. The minimum atomic E-state index is -0.227. The standard InChI is InChI=1S/C13H12Br2O2S/c1-3-7-10-8(14)5-6-9(15)12(10)18-11(7)13(16)17-4-2/h5-6H,3-4H2,1-2H3. The highest BCUT2D eigenvalue weighted by Crippen LogP contribution is 2.40. The van der Waals surface area contributed by atoms with E-state index >= 15 is 0 Å². The van der Waals surface area contributed by atoms with Crippen molar-refractivity contribution in [2.75, 3.05) is 6.61 Å². The van der Waals surface area contributed by atoms with Gasteiger partial charge in [0.2, 0.25) is 0 Å². The molecule has 2 aromatic rings. The van der Waals surface area contributed by atoms with Gasteiger partial charge in [-0.05, 0) is 47.0 Å². The van der Waals surface area contributed by atoms with E-state index in [9.17, 15) is 4.79 Å². The lowest BCUT2D eigenvalue weighted by Gasteiger charge is -2.02. The van der Waals surface area contributed by atoms with E-state index in [1.54, 1.807) is 0 Å². The Kier molecular flexibility index (Phi) is 4.45. The summed E-state index contributed by atoms with van der Waals surface area (Å²) >= 11 is 8.58. The molecular weight excluding hydrogens is 380 g/mol. The van der Waals surface area contributed by atoms with Crippen molar-refractivity contribution in [3.05, 3.63) is 31.5 Å². The van der Waals surface area contributed by atoms with Crippen LogP contribution in [-0.4, -0.2) is 12.6 Å². The van der Waals surface area contributed by atoms with Gasteiger partial charge in [-0.3, -0.25) is 0 Å². The van der Waals surface area contributed by atoms with Crippen molar-refractivity contribution in [2.45, 2.75) is 20.3 Å². The number of aryl methyl sites for hydroxylation is 1. The first-order valence-electron chi connectivity index (χ1n) is 5.66. The van der Waals surface area contributed by atoms with Gasteiger partial charge in [0.1, 0.15) is 4.88 Å². The minimum absolute atomic E-state index is 0.227. The van der Waals surface area contributed by atoms with Gasteiger partial charge in [-0.2, -0.15) is 0 Å². The highest BCUT2D eigenvalue weighted by molar-refractivity contribution is 9.11. The molecule has 0 spiro atoms. The molecule has 1 aromatic heterocycles. The van der Waals surface area contributed by atoms with Crippen molar-refractivity contribution in [3.63, 3.8) is 0 Å². The fourth-order valence-electron chi connectivity index (χ4n) is 1.89. The number of hydrogen-bond donors (Lipinski definition) is 0. The molecule has 0 aliphatic carbocycles. The number of fused-ring (bicyclic) bond motifs is 1. The molecule has 0 N–H and O–H groups in total. The summed E-state index contributed by atoms with van der Waals surface area (Å²) in [6.45, 7) is 4.28. The number of rotatable bonds is 3. The molecule has 0 unspecified atom stereocenters. The number of carbonyl (C=O) groups excluding carboxylic acids is 1. The van der Waals surface area contributed by atoms with Crippen LogP contribution in [0.5, 0.6) is 0 Å². The van der Waals surface area contributed by atoms with Crippen LogP contribution in [0.2, 0.25) is 0 Å². The van der Waals surface area contributed by atoms with Gasteiger partial charge >= 0.3 is 5.97 Å². The predicted molar refractivity (Wildman–Crippen MR) is 82.6 cm³/mol. The van der Waals surface area contributed by atoms with Gasteiger partial charge in [0.25, 0.3) is 0 Å². The van der Waals surface area contributed by atoms with E-state index in [1.165, 1.54) is 11.3 Å². The maximum atomic E-state index is 12.0. The summed E-state index contributed by atoms with van der Waals surface area (Å²) in [4.78, 5) is 12.7. The third-order valence-corrected chi connectivity index (χ3v) is 5.48. The molecule has 0 atom stereocenters. The van der Waals surface area contributed by atoms with Crippen LogP contribution in [0, 0.1) is 0 Å². The first kappa shape index (κ1) is 14.0. The predicted octanol–water partition coefficient (Wildman–Crippen LogP) is 5.17. The Morgan fingerprint density at radius 1 is 1.28 bits per heavy atom. The van der Waals surface area contributed by atoms with E-state index in [-0.39, 0.29) is 5.97 Å². The van der Waals surface area contributed by atoms with Crippen LogP contribution < -0.4 is 0 Å². The highest BCUT2D eigenvalue weighted by Gasteiger charge is 2.20. The van der Waals surface area contributed by atoms with Crippen LogP contribution in [0.15, 0.2) is 21.1 Å². The van der Waals surface area contributed by atoms with E-state index in [4.69, 9.17) is 4.74 Å². The molecule has 0 aliphatic rings. The number of esters is 1. The lowest BCUT2D eigenvalue weighted by molar-refractivity contribution is 0.0531. The smallest absolute Gasteiger partial charge is 0.348 e. The monoisotopic (exact) mass is 390 g/mol. The summed E-state index contributed by atoms with van der Waals surface area (Å²) in [5, 5.41) is 1.11. The van der Waals surface area contributed by atoms with Gasteiger partial charge in [-0.15, -0.1) is 11.3 Å². The van der Waals surface area contributed by atoms with Crippen molar-refractivity contribution in [1.29, 1.82) is 0 Å². The number of hydrogen-bond acceptors (Lipinski definition) is 3. The summed E-state index contributed by atoms with van der Waals surface area (Å²) in [6, 6.07) is 3.98. The third kappa shape index (κ3) is 2.36. The lowest BCUT2D eigenvalue weighted by Crippen LogP contribution is -2.04. The van der Waals surface area contributed by atoms with Gasteiger partial charge in [0, 0.05) is 14.3 Å². The van der Waals surface area contributed by atoms with E-state index in [2.05, 4.69) is 38.8 Å². The molecule has 1 aromatic carbocycles. The van der Waals surface area contributed by atoms with E-state index < -0.39 is 0 Å². The average Bonchev–Trinajstić information content (AvgIpc) is 2.74. The molecule has 2 rings (SSSR count). The first-order valence-corrected chi connectivity index (χ1v) is 8.06. The summed E-state index contributed by atoms with van der Waals surface area (Å²) in [6.07, 6.45) is 0.809. The maximum Gasteiger partial charge on any atom is 0.348 e. The molecule has 0 radical (unpaired) electrons. The van der Waals surface area contributed by atoms with Crippen molar-refractivity contribution < 1.29 is 9.53 Å². The molecule has 2 nitrogen and oxygen atoms in total. The van der Waals surface area contributed by atoms with Gasteiger partial charge in [0.15, 0.2) is 0 Å². The van der Waals surface area contributed by atoms with Crippen LogP contribution in [0.3, 0.4) is 0 Å². The quantitative estimate of drug-likeness (QED) is 0.675. The van der Waals surface area contributed by atoms with E-state index in [0.29, 0.717) is 11.5 Å². The van der Waals surface area contributed by atoms with Crippen molar-refractivity contribution >= 4 is 59.3 Å². The molecule has 96 valence electrons. The van der Waals surface area contributed by atoms with Crippen molar-refractivity contribution in [1.82, 2.24) is 0 Å². The zero-order chi connectivity index (χ0) is 13.3. The van der Waals surface area contributed by atoms with Gasteiger partial charge in [-0.25, -0.2) is 4.79 Å². The molecule has 1 heterocycles. The number of carbonyl (C=O) groups is 1. The number of benzene rings is 1. The van der Waals surface area contributed by atoms with Crippen molar-refractivity contribution in [2.24, 2.45) is 0 Å². The minimum Gasteiger partial charge on any atom is -0.462 e. The first-order chi connectivity index (χ1) is 8.60. The summed E-state index contributed by atoms with van der Waals surface area (Å²) in [5.41, 5.74) is 1.06. The van der Waals surface area contributed by atoms with Crippen LogP contribution in [0.25, 0.3) is 10.1 Å². The molecule has 0 fully saturated rings. The second-order valence-corrected chi connectivity index (χ2v) is 6.45. The molecule has 0 aliphatic heterocycles. The molecule has 0 saturated carbocycles. The Balaban J connectivity index is 2.72. The normalized spacial score (nSPS) is 10.9. The fourth-order valence-corrected chi connectivity index (χ4v) is 4.38. The molecule has 18 heavy (non-hydrogen) atoms. The Morgan fingerprint density at radius 3 is 2.56 bits per heavy atom. The van der Waals surface area contributed by atoms with Crippen LogP contribution in [-0.2, 0) is 11.2 Å². The third-order valence-electron chi connectivity index (χ3n) is 2.65. The Morgan fingerprint density at radius 2 is 1.94 bits per heavy atom. The molecule has 0 saturated heterocycles. The number of ether oxygens (including phenoxy) is 1. The highest BCUT2D eigenvalue weighted by atomic mass is 79.9. The summed E-state index contributed by atoms with van der Waals surface area (Å²) < 4.78 is 8.24. The average molecular weight is 392 g/mol. The van der Waals surface area contributed by atoms with Crippen LogP contribution in [0.4, 0.5) is 0 Å². The van der Waals surface area contributed by atoms with Crippen molar-refractivity contribution in [3.8, 4) is 0 Å². The summed E-state index contributed by atoms with van der Waals surface area (Å²) in [7, 11) is 0. The Hall–Kier alpha value is -0.390. The van der Waals surface area contributed by atoms with Crippen LogP contribution >= 0.6 is 43.2 Å². The molecular formula is C13H12Br2O2S. The topological polar surface area (TPSA) is 26.3 Å². The van der Waals surface area contributed by atoms with Gasteiger partial charge < -0.3 is 4.74 Å². The van der Waals surface area contributed by atoms with Gasteiger partial charge in [-0.1, -0.05) is 22.9 Å². The number of halogens is 2. The van der Waals surface area contributed by atoms with E-state index in [0.717, 1.165) is 31.0 Å². The Bertz CT molecular complexity index is 605. The number of thiophene rings is 1. The second-order valence-electron chi connectivity index (χ2n) is 3.72. The SMILES string of the molecule is CCOC(=O)c1sc2c(Br)ccc(Br)c2c1CC. The molecule has 0 bridgehead atoms. The largest absolute Gasteiger partial charge is 0.462 e. The Labute approximate surface area is 127 Å². The van der Waals surface area contributed by atoms with Crippen LogP contribution in [0.1, 0.15) is 29.1 Å². The fraction of sp³-hybridized carbons (Fsp3) is 0.308. The zero-order valence-corrected chi connectivity index (χ0v) is 14.0. The van der Waals surface area contributed by atoms with Gasteiger partial charge in [0.05, 0.1) is 11.3 Å². The lowest BCUT2D eigenvalue weighted by atomic mass is 10.1.